The first-order chi connectivity index (χ1) is 5.27. The molecule has 3 heteroatoms. The third kappa shape index (κ3) is 2.15. The van der Waals surface area contributed by atoms with Crippen LogP contribution in [0.25, 0.3) is 0 Å². The Labute approximate surface area is 68.2 Å². The van der Waals surface area contributed by atoms with E-state index in [1.54, 1.807) is 0 Å². The monoisotopic (exact) mass is 158 g/mol. The van der Waals surface area contributed by atoms with Crippen LogP contribution in [0.4, 0.5) is 0 Å². The van der Waals surface area contributed by atoms with Crippen molar-refractivity contribution in [3.8, 4) is 0 Å². The first-order valence-corrected chi connectivity index (χ1v) is 4.31. The Bertz CT molecular complexity index is 119. The average molecular weight is 158 g/mol. The number of hydrogen-bond acceptors (Lipinski definition) is 3. The number of hydrogen-bond donors (Lipinski definition) is 2. The van der Waals surface area contributed by atoms with Gasteiger partial charge in [-0.1, -0.05) is 6.92 Å². The number of nitrogens with zero attached hydrogens (tertiary/aromatic N) is 1. The van der Waals surface area contributed by atoms with Crippen LogP contribution in [0.2, 0.25) is 0 Å². The highest BCUT2D eigenvalue weighted by atomic mass is 16.3. The van der Waals surface area contributed by atoms with Crippen LogP contribution in [-0.2, 0) is 0 Å². The van der Waals surface area contributed by atoms with Crippen LogP contribution in [0, 0.1) is 11.8 Å². The largest absolute Gasteiger partial charge is 0.396 e. The first-order valence-electron chi connectivity index (χ1n) is 4.31. The maximum Gasteiger partial charge on any atom is 0.0474 e. The van der Waals surface area contributed by atoms with Crippen molar-refractivity contribution < 1.29 is 5.11 Å². The summed E-state index contributed by atoms with van der Waals surface area (Å²) in [5, 5.41) is 8.96. The van der Waals surface area contributed by atoms with Crippen molar-refractivity contribution in [3.05, 3.63) is 0 Å². The third-order valence-corrected chi connectivity index (χ3v) is 2.52. The molecular weight excluding hydrogens is 140 g/mol. The summed E-state index contributed by atoms with van der Waals surface area (Å²) in [4.78, 5) is 2.32. The van der Waals surface area contributed by atoms with Gasteiger partial charge >= 0.3 is 0 Å². The van der Waals surface area contributed by atoms with Gasteiger partial charge in [-0.2, -0.15) is 0 Å². The molecule has 11 heavy (non-hydrogen) atoms. The molecule has 1 fully saturated rings. The van der Waals surface area contributed by atoms with Crippen LogP contribution in [0.1, 0.15) is 6.92 Å². The molecule has 2 atom stereocenters. The van der Waals surface area contributed by atoms with Crippen LogP contribution in [-0.4, -0.2) is 42.8 Å². The highest BCUT2D eigenvalue weighted by Crippen LogP contribution is 2.21. The summed E-state index contributed by atoms with van der Waals surface area (Å²) in [6.45, 7) is 6.34. The van der Waals surface area contributed by atoms with Gasteiger partial charge in [-0.3, -0.25) is 0 Å². The van der Waals surface area contributed by atoms with Crippen molar-refractivity contribution in [3.63, 3.8) is 0 Å². The molecule has 0 radical (unpaired) electrons. The van der Waals surface area contributed by atoms with E-state index in [2.05, 4.69) is 11.8 Å². The predicted octanol–water partition coefficient (Wildman–Crippen LogP) is -0.495. The average Bonchev–Trinajstić information content (AvgIpc) is 2.32. The Morgan fingerprint density at radius 2 is 2.27 bits per heavy atom. The summed E-state index contributed by atoms with van der Waals surface area (Å²) in [6, 6.07) is 0. The molecular formula is C8H18N2O. The van der Waals surface area contributed by atoms with Crippen molar-refractivity contribution in [2.45, 2.75) is 6.92 Å². The minimum Gasteiger partial charge on any atom is -0.396 e. The van der Waals surface area contributed by atoms with Gasteiger partial charge in [0.1, 0.15) is 0 Å². The van der Waals surface area contributed by atoms with E-state index in [9.17, 15) is 0 Å². The van der Waals surface area contributed by atoms with E-state index >= 15 is 0 Å². The Hall–Kier alpha value is -0.120. The second-order valence-corrected chi connectivity index (χ2v) is 3.47. The maximum absolute atomic E-state index is 8.96. The molecule has 3 N–H and O–H groups in total. The maximum atomic E-state index is 8.96. The zero-order valence-electron chi connectivity index (χ0n) is 7.16. The SMILES string of the molecule is C[C@@H]1CN(CCN)C[C@H]1CO. The van der Waals surface area contributed by atoms with Gasteiger partial charge in [0.25, 0.3) is 0 Å². The predicted molar refractivity (Wildman–Crippen MR) is 45.2 cm³/mol. The van der Waals surface area contributed by atoms with E-state index < -0.39 is 0 Å². The number of aliphatic hydroxyl groups excluding tert-OH is 1. The van der Waals surface area contributed by atoms with Crippen molar-refractivity contribution >= 4 is 0 Å². The summed E-state index contributed by atoms with van der Waals surface area (Å²) < 4.78 is 0. The second-order valence-electron chi connectivity index (χ2n) is 3.47. The van der Waals surface area contributed by atoms with Crippen LogP contribution in [0.15, 0.2) is 0 Å². The zero-order valence-corrected chi connectivity index (χ0v) is 7.16. The Balaban J connectivity index is 2.30. The molecule has 0 bridgehead atoms. The fraction of sp³-hybridized carbons (Fsp3) is 1.00. The third-order valence-electron chi connectivity index (χ3n) is 2.52. The normalized spacial score (nSPS) is 33.0. The lowest BCUT2D eigenvalue weighted by atomic mass is 10.00. The smallest absolute Gasteiger partial charge is 0.0474 e. The molecule has 0 spiro atoms. The van der Waals surface area contributed by atoms with E-state index in [0.29, 0.717) is 18.4 Å². The molecule has 1 rings (SSSR count). The second kappa shape index (κ2) is 4.04. The topological polar surface area (TPSA) is 49.5 Å². The summed E-state index contributed by atoms with van der Waals surface area (Å²) in [6.07, 6.45) is 0. The molecule has 0 amide bonds. The van der Waals surface area contributed by atoms with Gasteiger partial charge in [0.15, 0.2) is 0 Å². The zero-order chi connectivity index (χ0) is 8.27. The van der Waals surface area contributed by atoms with Crippen LogP contribution in [0.5, 0.6) is 0 Å². The first kappa shape index (κ1) is 8.97. The molecule has 0 aromatic heterocycles. The highest BCUT2D eigenvalue weighted by molar-refractivity contribution is 4.80. The van der Waals surface area contributed by atoms with Gasteiger partial charge in [-0.05, 0) is 11.8 Å². The molecule has 66 valence electrons. The van der Waals surface area contributed by atoms with Crippen molar-refractivity contribution in [2.75, 3.05) is 32.8 Å². The van der Waals surface area contributed by atoms with Crippen LogP contribution >= 0.6 is 0 Å². The molecule has 0 aromatic carbocycles. The van der Waals surface area contributed by atoms with Gasteiger partial charge in [-0.25, -0.2) is 0 Å². The van der Waals surface area contributed by atoms with E-state index in [-0.39, 0.29) is 0 Å². The molecule has 1 aliphatic rings. The molecule has 0 aromatic rings. The Kier molecular flexibility index (Phi) is 3.30. The summed E-state index contributed by atoms with van der Waals surface area (Å²) in [5.74, 6) is 1.10. The lowest BCUT2D eigenvalue weighted by Gasteiger charge is -2.12. The van der Waals surface area contributed by atoms with E-state index in [1.807, 2.05) is 0 Å². The van der Waals surface area contributed by atoms with Crippen LogP contribution in [0.3, 0.4) is 0 Å². The van der Waals surface area contributed by atoms with Crippen molar-refractivity contribution in [1.29, 1.82) is 0 Å². The number of likely N-dealkylation sites (tertiary alicyclic amines) is 1. The van der Waals surface area contributed by atoms with E-state index in [4.69, 9.17) is 10.8 Å². The summed E-state index contributed by atoms with van der Waals surface area (Å²) in [5.41, 5.74) is 5.44. The highest BCUT2D eigenvalue weighted by Gasteiger charge is 2.27. The van der Waals surface area contributed by atoms with Crippen molar-refractivity contribution in [2.24, 2.45) is 17.6 Å². The fourth-order valence-electron chi connectivity index (χ4n) is 1.75. The van der Waals surface area contributed by atoms with Gasteiger partial charge in [0.2, 0.25) is 0 Å². The molecule has 0 unspecified atom stereocenters. The minimum absolute atomic E-state index is 0.322. The minimum atomic E-state index is 0.322. The summed E-state index contributed by atoms with van der Waals surface area (Å²) in [7, 11) is 0. The molecule has 1 saturated heterocycles. The lowest BCUT2D eigenvalue weighted by molar-refractivity contribution is 0.206. The van der Waals surface area contributed by atoms with Crippen molar-refractivity contribution in [1.82, 2.24) is 4.90 Å². The summed E-state index contributed by atoms with van der Waals surface area (Å²) >= 11 is 0. The number of nitrogens with two attached hydrogens (primary N) is 1. The molecule has 0 saturated carbocycles. The fourth-order valence-corrected chi connectivity index (χ4v) is 1.75. The Morgan fingerprint density at radius 1 is 1.55 bits per heavy atom. The van der Waals surface area contributed by atoms with E-state index in [1.165, 1.54) is 0 Å². The molecule has 0 aliphatic carbocycles. The molecule has 3 nitrogen and oxygen atoms in total. The quantitative estimate of drug-likeness (QED) is 0.582. The number of rotatable bonds is 3. The van der Waals surface area contributed by atoms with Gasteiger partial charge in [-0.15, -0.1) is 0 Å². The lowest BCUT2D eigenvalue weighted by Crippen LogP contribution is -2.27. The van der Waals surface area contributed by atoms with Gasteiger partial charge < -0.3 is 15.7 Å². The van der Waals surface area contributed by atoms with E-state index in [0.717, 1.165) is 26.2 Å². The molecule has 1 aliphatic heterocycles. The Morgan fingerprint density at radius 3 is 2.73 bits per heavy atom. The standard InChI is InChI=1S/C8H18N2O/c1-7-4-10(3-2-9)5-8(7)6-11/h7-8,11H,2-6,9H2,1H3/t7-,8+/m1/s1. The van der Waals surface area contributed by atoms with Gasteiger partial charge in [0.05, 0.1) is 0 Å². The number of aliphatic hydroxyl groups is 1. The molecule has 1 heterocycles. The van der Waals surface area contributed by atoms with Gasteiger partial charge in [0, 0.05) is 32.8 Å². The van der Waals surface area contributed by atoms with Crippen LogP contribution < -0.4 is 5.73 Å².